The molecule has 146 valence electrons. The first-order valence-corrected chi connectivity index (χ1v) is 8.28. The van der Waals surface area contributed by atoms with Crippen molar-refractivity contribution in [3.8, 4) is 5.75 Å². The predicted octanol–water partition coefficient (Wildman–Crippen LogP) is 1.99. The highest BCUT2D eigenvalue weighted by Crippen LogP contribution is 2.22. The SMILES string of the molecule is CNCCCC(=O)N1CCN(C(=O)c2ccccc2OC(F)F)CC1.Cl. The molecule has 1 aliphatic heterocycles. The average molecular weight is 392 g/mol. The van der Waals surface area contributed by atoms with E-state index in [4.69, 9.17) is 0 Å². The van der Waals surface area contributed by atoms with E-state index in [9.17, 15) is 18.4 Å². The molecule has 0 radical (unpaired) electrons. The molecule has 0 aromatic heterocycles. The lowest BCUT2D eigenvalue weighted by Crippen LogP contribution is -2.50. The van der Waals surface area contributed by atoms with Crippen LogP contribution in [0.4, 0.5) is 8.78 Å². The summed E-state index contributed by atoms with van der Waals surface area (Å²) in [7, 11) is 1.84. The number of ether oxygens (including phenoxy) is 1. The number of nitrogens with zero attached hydrogens (tertiary/aromatic N) is 2. The minimum absolute atomic E-state index is 0. The van der Waals surface area contributed by atoms with Gasteiger partial charge in [-0.25, -0.2) is 0 Å². The monoisotopic (exact) mass is 391 g/mol. The standard InChI is InChI=1S/C17H23F2N3O3.ClH/c1-20-8-4-7-15(23)21-9-11-22(12-10-21)16(24)13-5-2-3-6-14(13)25-17(18)19;/h2-3,5-6,17,20H,4,7-12H2,1H3;1H. The summed E-state index contributed by atoms with van der Waals surface area (Å²) in [5, 5.41) is 3.00. The lowest BCUT2D eigenvalue weighted by Gasteiger charge is -2.35. The zero-order valence-corrected chi connectivity index (χ0v) is 15.4. The van der Waals surface area contributed by atoms with E-state index in [1.165, 1.54) is 18.2 Å². The molecule has 1 aromatic rings. The second-order valence-electron chi connectivity index (χ2n) is 5.75. The highest BCUT2D eigenvalue weighted by Gasteiger charge is 2.26. The van der Waals surface area contributed by atoms with Crippen LogP contribution in [0.25, 0.3) is 0 Å². The first-order chi connectivity index (χ1) is 12.0. The lowest BCUT2D eigenvalue weighted by atomic mass is 10.1. The van der Waals surface area contributed by atoms with E-state index in [0.29, 0.717) is 32.6 Å². The number of hydrogen-bond donors (Lipinski definition) is 1. The van der Waals surface area contributed by atoms with Crippen LogP contribution in [-0.4, -0.2) is 68.0 Å². The minimum Gasteiger partial charge on any atom is -0.434 e. The number of carbonyl (C=O) groups excluding carboxylic acids is 2. The van der Waals surface area contributed by atoms with Gasteiger partial charge >= 0.3 is 6.61 Å². The van der Waals surface area contributed by atoms with Gasteiger partial charge in [0.15, 0.2) is 0 Å². The topological polar surface area (TPSA) is 61.9 Å². The first-order valence-electron chi connectivity index (χ1n) is 8.28. The Hall–Kier alpha value is -1.93. The van der Waals surface area contributed by atoms with Crippen LogP contribution in [0.1, 0.15) is 23.2 Å². The molecule has 0 saturated carbocycles. The molecule has 2 amide bonds. The van der Waals surface area contributed by atoms with Crippen LogP contribution in [0.3, 0.4) is 0 Å². The van der Waals surface area contributed by atoms with Crippen molar-refractivity contribution in [3.05, 3.63) is 29.8 Å². The van der Waals surface area contributed by atoms with Crippen molar-refractivity contribution in [1.82, 2.24) is 15.1 Å². The van der Waals surface area contributed by atoms with Crippen LogP contribution in [0.5, 0.6) is 5.75 Å². The molecule has 0 atom stereocenters. The van der Waals surface area contributed by atoms with E-state index in [1.807, 2.05) is 7.05 Å². The number of nitrogens with one attached hydrogen (secondary N) is 1. The van der Waals surface area contributed by atoms with E-state index in [-0.39, 0.29) is 35.5 Å². The van der Waals surface area contributed by atoms with Crippen LogP contribution in [0.15, 0.2) is 24.3 Å². The smallest absolute Gasteiger partial charge is 0.387 e. The molecule has 6 nitrogen and oxygen atoms in total. The van der Waals surface area contributed by atoms with Gasteiger partial charge in [-0.2, -0.15) is 8.78 Å². The number of carbonyl (C=O) groups is 2. The molecule has 2 rings (SSSR count). The van der Waals surface area contributed by atoms with Crippen LogP contribution < -0.4 is 10.1 Å². The van der Waals surface area contributed by atoms with Crippen molar-refractivity contribution < 1.29 is 23.1 Å². The fourth-order valence-electron chi connectivity index (χ4n) is 2.75. The van der Waals surface area contributed by atoms with Crippen molar-refractivity contribution in [3.63, 3.8) is 0 Å². The van der Waals surface area contributed by atoms with Crippen LogP contribution in [-0.2, 0) is 4.79 Å². The maximum Gasteiger partial charge on any atom is 0.387 e. The third-order valence-electron chi connectivity index (χ3n) is 4.07. The van der Waals surface area contributed by atoms with Crippen molar-refractivity contribution in [2.75, 3.05) is 39.8 Å². The summed E-state index contributed by atoms with van der Waals surface area (Å²) in [6.45, 7) is -0.560. The molecule has 1 aromatic carbocycles. The molecular formula is C17H24ClF2N3O3. The Morgan fingerprint density at radius 2 is 1.77 bits per heavy atom. The fraction of sp³-hybridized carbons (Fsp3) is 0.529. The third-order valence-corrected chi connectivity index (χ3v) is 4.07. The maximum atomic E-state index is 12.6. The second-order valence-corrected chi connectivity index (χ2v) is 5.75. The second kappa shape index (κ2) is 10.9. The number of amides is 2. The summed E-state index contributed by atoms with van der Waals surface area (Å²) in [4.78, 5) is 28.0. The van der Waals surface area contributed by atoms with Gasteiger partial charge in [-0.1, -0.05) is 12.1 Å². The molecular weight excluding hydrogens is 368 g/mol. The van der Waals surface area contributed by atoms with Crippen LogP contribution >= 0.6 is 12.4 Å². The number of rotatable bonds is 7. The van der Waals surface area contributed by atoms with Gasteiger partial charge in [-0.3, -0.25) is 9.59 Å². The van der Waals surface area contributed by atoms with Gasteiger partial charge in [0.05, 0.1) is 5.56 Å². The zero-order valence-electron chi connectivity index (χ0n) is 14.6. The van der Waals surface area contributed by atoms with Crippen molar-refractivity contribution in [2.45, 2.75) is 19.5 Å². The van der Waals surface area contributed by atoms with Gasteiger partial charge in [0.1, 0.15) is 5.75 Å². The molecule has 1 heterocycles. The average Bonchev–Trinajstić information content (AvgIpc) is 2.61. The lowest BCUT2D eigenvalue weighted by molar-refractivity contribution is -0.132. The molecule has 1 aliphatic rings. The maximum absolute atomic E-state index is 12.6. The highest BCUT2D eigenvalue weighted by atomic mass is 35.5. The largest absolute Gasteiger partial charge is 0.434 e. The summed E-state index contributed by atoms with van der Waals surface area (Å²) in [5.74, 6) is -0.421. The van der Waals surface area contributed by atoms with Gasteiger partial charge in [-0.15, -0.1) is 12.4 Å². The molecule has 1 saturated heterocycles. The summed E-state index contributed by atoms with van der Waals surface area (Å²) in [6.07, 6.45) is 1.24. The van der Waals surface area contributed by atoms with Gasteiger partial charge in [0.25, 0.3) is 5.91 Å². The number of para-hydroxylation sites is 1. The van der Waals surface area contributed by atoms with Crippen LogP contribution in [0.2, 0.25) is 0 Å². The summed E-state index contributed by atoms with van der Waals surface area (Å²) in [5.41, 5.74) is 0.108. The fourth-order valence-corrected chi connectivity index (χ4v) is 2.75. The number of alkyl halides is 2. The van der Waals surface area contributed by atoms with E-state index in [1.54, 1.807) is 15.9 Å². The van der Waals surface area contributed by atoms with Gasteiger partial charge in [-0.05, 0) is 32.1 Å². The van der Waals surface area contributed by atoms with Crippen LogP contribution in [0, 0.1) is 0 Å². The molecule has 26 heavy (non-hydrogen) atoms. The Kier molecular flexibility index (Phi) is 9.29. The van der Waals surface area contributed by atoms with Crippen molar-refractivity contribution in [2.24, 2.45) is 0 Å². The van der Waals surface area contributed by atoms with E-state index < -0.39 is 6.61 Å². The molecule has 0 spiro atoms. The Labute approximate surface area is 157 Å². The number of halogens is 3. The van der Waals surface area contributed by atoms with Crippen molar-refractivity contribution in [1.29, 1.82) is 0 Å². The predicted molar refractivity (Wildman–Crippen MR) is 96.0 cm³/mol. The highest BCUT2D eigenvalue weighted by molar-refractivity contribution is 5.97. The Balaban J connectivity index is 0.00000338. The third kappa shape index (κ3) is 6.10. The number of benzene rings is 1. The Morgan fingerprint density at radius 3 is 2.38 bits per heavy atom. The summed E-state index contributed by atoms with van der Waals surface area (Å²) >= 11 is 0. The zero-order chi connectivity index (χ0) is 18.2. The van der Waals surface area contributed by atoms with Gasteiger partial charge in [0.2, 0.25) is 5.91 Å². The van der Waals surface area contributed by atoms with E-state index >= 15 is 0 Å². The molecule has 0 bridgehead atoms. The number of hydrogen-bond acceptors (Lipinski definition) is 4. The summed E-state index contributed by atoms with van der Waals surface area (Å²) < 4.78 is 29.4. The number of piperazine rings is 1. The van der Waals surface area contributed by atoms with Crippen molar-refractivity contribution >= 4 is 24.2 Å². The van der Waals surface area contributed by atoms with Gasteiger partial charge in [0, 0.05) is 32.6 Å². The van der Waals surface area contributed by atoms with E-state index in [2.05, 4.69) is 10.1 Å². The quantitative estimate of drug-likeness (QED) is 0.722. The molecule has 0 aliphatic carbocycles. The Morgan fingerprint density at radius 1 is 1.15 bits per heavy atom. The summed E-state index contributed by atoms with van der Waals surface area (Å²) in [6, 6.07) is 5.96. The molecule has 1 N–H and O–H groups in total. The normalized spacial score (nSPS) is 14.2. The first kappa shape index (κ1) is 22.1. The van der Waals surface area contributed by atoms with Gasteiger partial charge < -0.3 is 19.9 Å². The molecule has 0 unspecified atom stereocenters. The molecule has 1 fully saturated rings. The minimum atomic E-state index is -2.99. The van der Waals surface area contributed by atoms with E-state index in [0.717, 1.165) is 13.0 Å². The molecule has 9 heteroatoms. The Bertz CT molecular complexity index is 596.